The van der Waals surface area contributed by atoms with Gasteiger partial charge in [-0.3, -0.25) is 9.52 Å². The first-order valence-corrected chi connectivity index (χ1v) is 10.8. The van der Waals surface area contributed by atoms with Gasteiger partial charge in [0.25, 0.3) is 15.9 Å². The van der Waals surface area contributed by atoms with Gasteiger partial charge in [0, 0.05) is 11.3 Å². The number of halogens is 2. The monoisotopic (exact) mass is 465 g/mol. The van der Waals surface area contributed by atoms with Gasteiger partial charge in [-0.25, -0.2) is 8.42 Å². The SMILES string of the molecule is COc1ccccc1NS(=O)(=O)c1ccc(C(=O)Nc2cc(Cl)c(N)c(Cl)c2)cc1. The summed E-state index contributed by atoms with van der Waals surface area (Å²) in [6.45, 7) is 0. The molecule has 7 nitrogen and oxygen atoms in total. The Balaban J connectivity index is 1.77. The summed E-state index contributed by atoms with van der Waals surface area (Å²) < 4.78 is 32.9. The Hall–Kier alpha value is -2.94. The van der Waals surface area contributed by atoms with Crippen molar-refractivity contribution >= 4 is 56.2 Å². The van der Waals surface area contributed by atoms with Crippen LogP contribution in [0.15, 0.2) is 65.6 Å². The molecule has 156 valence electrons. The summed E-state index contributed by atoms with van der Waals surface area (Å²) in [5.41, 5.74) is 6.80. The van der Waals surface area contributed by atoms with E-state index in [9.17, 15) is 13.2 Å². The number of carbonyl (C=O) groups excluding carboxylic acids is 1. The Morgan fingerprint density at radius 1 is 1.00 bits per heavy atom. The molecule has 3 rings (SSSR count). The number of para-hydroxylation sites is 2. The van der Waals surface area contributed by atoms with E-state index in [4.69, 9.17) is 33.7 Å². The van der Waals surface area contributed by atoms with E-state index in [1.807, 2.05) is 0 Å². The minimum Gasteiger partial charge on any atom is -0.495 e. The topological polar surface area (TPSA) is 111 Å². The molecule has 0 atom stereocenters. The normalized spacial score (nSPS) is 11.0. The molecule has 4 N–H and O–H groups in total. The fourth-order valence-corrected chi connectivity index (χ4v) is 4.14. The van der Waals surface area contributed by atoms with Crippen molar-refractivity contribution in [2.45, 2.75) is 4.90 Å². The van der Waals surface area contributed by atoms with Gasteiger partial charge < -0.3 is 15.8 Å². The molecule has 30 heavy (non-hydrogen) atoms. The van der Waals surface area contributed by atoms with E-state index >= 15 is 0 Å². The maximum absolute atomic E-state index is 12.6. The summed E-state index contributed by atoms with van der Waals surface area (Å²) >= 11 is 11.9. The second-order valence-electron chi connectivity index (χ2n) is 6.14. The quantitative estimate of drug-likeness (QED) is 0.459. The maximum Gasteiger partial charge on any atom is 0.262 e. The van der Waals surface area contributed by atoms with Crippen molar-refractivity contribution in [1.82, 2.24) is 0 Å². The number of anilines is 3. The average Bonchev–Trinajstić information content (AvgIpc) is 2.72. The number of carbonyl (C=O) groups is 1. The van der Waals surface area contributed by atoms with E-state index in [2.05, 4.69) is 10.0 Å². The van der Waals surface area contributed by atoms with E-state index in [1.54, 1.807) is 24.3 Å². The number of methoxy groups -OCH3 is 1. The standard InChI is InChI=1S/C20H17Cl2N3O4S/c1-29-18-5-3-2-4-17(18)25-30(27,28)14-8-6-12(7-9-14)20(26)24-13-10-15(21)19(23)16(22)11-13/h2-11,25H,23H2,1H3,(H,24,26). The van der Waals surface area contributed by atoms with Gasteiger partial charge in [0.05, 0.1) is 33.4 Å². The molecule has 0 radical (unpaired) electrons. The van der Waals surface area contributed by atoms with Crippen LogP contribution in [0, 0.1) is 0 Å². The first kappa shape index (κ1) is 21.8. The van der Waals surface area contributed by atoms with Crippen LogP contribution in [0.1, 0.15) is 10.4 Å². The number of rotatable bonds is 6. The number of sulfonamides is 1. The number of nitrogen functional groups attached to an aromatic ring is 1. The van der Waals surface area contributed by atoms with Crippen LogP contribution in [0.3, 0.4) is 0 Å². The number of hydrogen-bond acceptors (Lipinski definition) is 5. The number of nitrogens with two attached hydrogens (primary N) is 1. The van der Waals surface area contributed by atoms with E-state index in [0.717, 1.165) is 0 Å². The molecule has 0 spiro atoms. The maximum atomic E-state index is 12.6. The summed E-state index contributed by atoms with van der Waals surface area (Å²) in [4.78, 5) is 12.4. The first-order chi connectivity index (χ1) is 14.2. The number of nitrogens with one attached hydrogen (secondary N) is 2. The second kappa shape index (κ2) is 8.83. The average molecular weight is 466 g/mol. The van der Waals surface area contributed by atoms with Gasteiger partial charge in [-0.1, -0.05) is 35.3 Å². The number of amides is 1. The second-order valence-corrected chi connectivity index (χ2v) is 8.63. The van der Waals surface area contributed by atoms with Gasteiger partial charge in [0.15, 0.2) is 0 Å². The van der Waals surface area contributed by atoms with Crippen molar-refractivity contribution in [3.8, 4) is 5.75 Å². The molecule has 0 unspecified atom stereocenters. The van der Waals surface area contributed by atoms with Crippen molar-refractivity contribution in [2.24, 2.45) is 0 Å². The van der Waals surface area contributed by atoms with Gasteiger partial charge in [-0.05, 0) is 48.5 Å². The fourth-order valence-electron chi connectivity index (χ4n) is 2.58. The van der Waals surface area contributed by atoms with E-state index < -0.39 is 15.9 Å². The van der Waals surface area contributed by atoms with Crippen LogP contribution in [0.2, 0.25) is 10.0 Å². The molecule has 0 saturated heterocycles. The van der Waals surface area contributed by atoms with Crippen molar-refractivity contribution in [3.63, 3.8) is 0 Å². The van der Waals surface area contributed by atoms with E-state index in [1.165, 1.54) is 43.5 Å². The lowest BCUT2D eigenvalue weighted by molar-refractivity contribution is 0.102. The third-order valence-corrected chi connectivity index (χ3v) is 6.12. The Bertz CT molecular complexity index is 1180. The molecule has 3 aromatic carbocycles. The van der Waals surface area contributed by atoms with Crippen LogP contribution in [-0.2, 0) is 10.0 Å². The smallest absolute Gasteiger partial charge is 0.262 e. The molecular weight excluding hydrogens is 449 g/mol. The van der Waals surface area contributed by atoms with Crippen LogP contribution in [-0.4, -0.2) is 21.4 Å². The Morgan fingerprint density at radius 2 is 1.60 bits per heavy atom. The lowest BCUT2D eigenvalue weighted by Gasteiger charge is -2.12. The Kier molecular flexibility index (Phi) is 6.40. The highest BCUT2D eigenvalue weighted by Gasteiger charge is 2.17. The Labute approximate surface area is 183 Å². The van der Waals surface area contributed by atoms with Gasteiger partial charge in [0.2, 0.25) is 0 Å². The van der Waals surface area contributed by atoms with Crippen LogP contribution in [0.25, 0.3) is 0 Å². The van der Waals surface area contributed by atoms with Crippen molar-refractivity contribution in [3.05, 3.63) is 76.3 Å². The summed E-state index contributed by atoms with van der Waals surface area (Å²) in [5, 5.41) is 3.05. The van der Waals surface area contributed by atoms with Gasteiger partial charge in [-0.2, -0.15) is 0 Å². The molecule has 3 aromatic rings. The largest absolute Gasteiger partial charge is 0.495 e. The molecule has 0 saturated carbocycles. The minimum absolute atomic E-state index is 0.0106. The summed E-state index contributed by atoms with van der Waals surface area (Å²) in [7, 11) is -2.43. The van der Waals surface area contributed by atoms with Gasteiger partial charge in [0.1, 0.15) is 5.75 Å². The van der Waals surface area contributed by atoms with Crippen LogP contribution in [0.4, 0.5) is 17.1 Å². The van der Waals surface area contributed by atoms with Crippen molar-refractivity contribution in [1.29, 1.82) is 0 Å². The molecule has 0 bridgehead atoms. The molecule has 0 heterocycles. The highest BCUT2D eigenvalue weighted by molar-refractivity contribution is 7.92. The zero-order valence-corrected chi connectivity index (χ0v) is 18.0. The lowest BCUT2D eigenvalue weighted by atomic mass is 10.2. The third kappa shape index (κ3) is 4.79. The molecule has 10 heteroatoms. The van der Waals surface area contributed by atoms with Crippen LogP contribution < -0.4 is 20.5 Å². The first-order valence-electron chi connectivity index (χ1n) is 8.53. The minimum atomic E-state index is -3.87. The number of benzene rings is 3. The summed E-state index contributed by atoms with van der Waals surface area (Å²) in [6, 6.07) is 15.0. The fraction of sp³-hybridized carbons (Fsp3) is 0.0500. The Morgan fingerprint density at radius 3 is 2.20 bits per heavy atom. The molecular formula is C20H17Cl2N3O4S. The van der Waals surface area contributed by atoms with Crippen molar-refractivity contribution < 1.29 is 17.9 Å². The van der Waals surface area contributed by atoms with Crippen LogP contribution >= 0.6 is 23.2 Å². The van der Waals surface area contributed by atoms with Crippen molar-refractivity contribution in [2.75, 3.05) is 22.9 Å². The lowest BCUT2D eigenvalue weighted by Crippen LogP contribution is -2.15. The van der Waals surface area contributed by atoms with E-state index in [-0.39, 0.29) is 26.2 Å². The molecule has 0 aliphatic carbocycles. The van der Waals surface area contributed by atoms with Crippen LogP contribution in [0.5, 0.6) is 5.75 Å². The van der Waals surface area contributed by atoms with E-state index in [0.29, 0.717) is 17.1 Å². The predicted molar refractivity (Wildman–Crippen MR) is 119 cm³/mol. The molecule has 0 aliphatic heterocycles. The molecule has 1 amide bonds. The third-order valence-electron chi connectivity index (χ3n) is 4.12. The highest BCUT2D eigenvalue weighted by atomic mass is 35.5. The predicted octanol–water partition coefficient (Wildman–Crippen LogP) is 4.64. The number of hydrogen-bond donors (Lipinski definition) is 3. The highest BCUT2D eigenvalue weighted by Crippen LogP contribution is 2.31. The molecule has 0 aromatic heterocycles. The van der Waals surface area contributed by atoms with Gasteiger partial charge >= 0.3 is 0 Å². The molecule has 0 aliphatic rings. The zero-order valence-electron chi connectivity index (χ0n) is 15.6. The zero-order chi connectivity index (χ0) is 21.9. The summed E-state index contributed by atoms with van der Waals surface area (Å²) in [6.07, 6.45) is 0. The van der Waals surface area contributed by atoms with Gasteiger partial charge in [-0.15, -0.1) is 0 Å². The number of ether oxygens (including phenoxy) is 1. The summed E-state index contributed by atoms with van der Waals surface area (Å²) in [5.74, 6) is -0.0774. The molecule has 0 fully saturated rings.